The van der Waals surface area contributed by atoms with Crippen LogP contribution in [0.25, 0.3) is 12.2 Å². The summed E-state index contributed by atoms with van der Waals surface area (Å²) in [6.45, 7) is 1.03. The third kappa shape index (κ3) is 6.60. The fraction of sp³-hybridized carbons (Fsp3) is 0.118. The van der Waals surface area contributed by atoms with Crippen LogP contribution in [0.15, 0.2) is 120 Å². The summed E-state index contributed by atoms with van der Waals surface area (Å²) < 4.78 is 0. The lowest BCUT2D eigenvalue weighted by atomic mass is 10.0. The van der Waals surface area contributed by atoms with Crippen molar-refractivity contribution < 1.29 is 4.79 Å². The number of likely N-dealkylation sites (N-methyl/N-ethyl adjacent to an activating group) is 1. The van der Waals surface area contributed by atoms with Gasteiger partial charge in [0.15, 0.2) is 6.17 Å². The molecule has 0 aromatic heterocycles. The number of aliphatic imine (C=N–C) groups is 1. The number of anilines is 1. The second-order valence-electron chi connectivity index (χ2n) is 9.49. The number of benzene rings is 4. The first-order valence-electron chi connectivity index (χ1n) is 13.1. The molecule has 40 heavy (non-hydrogen) atoms. The predicted octanol–water partition coefficient (Wildman–Crippen LogP) is 7.86. The summed E-state index contributed by atoms with van der Waals surface area (Å²) >= 11 is 12.1. The molecule has 0 spiro atoms. The Morgan fingerprint density at radius 2 is 1.27 bits per heavy atom. The van der Waals surface area contributed by atoms with E-state index >= 15 is 0 Å². The normalized spacial score (nSPS) is 15.5. The summed E-state index contributed by atoms with van der Waals surface area (Å²) in [6, 6.07) is 33.3. The molecule has 4 aromatic rings. The van der Waals surface area contributed by atoms with Crippen LogP contribution in [0.5, 0.6) is 0 Å². The van der Waals surface area contributed by atoms with Gasteiger partial charge in [-0.2, -0.15) is 0 Å². The highest BCUT2D eigenvalue weighted by Gasteiger charge is 2.33. The Balaban J connectivity index is 1.52. The van der Waals surface area contributed by atoms with Crippen LogP contribution in [0, 0.1) is 0 Å². The van der Waals surface area contributed by atoms with Crippen LogP contribution >= 0.6 is 23.2 Å². The SMILES string of the molecule is CN1C(=O)C(N(C/C=C/c2ccc(Cl)cc2)C/C=C/c2ccc(Cl)cc2)N=C(c2ccccc2)c2ccccc21. The van der Waals surface area contributed by atoms with Crippen molar-refractivity contribution >= 4 is 52.7 Å². The second kappa shape index (κ2) is 12.9. The number of para-hydroxylation sites is 1. The van der Waals surface area contributed by atoms with Gasteiger partial charge in [0, 0.05) is 41.3 Å². The number of amides is 1. The number of halogens is 2. The molecule has 1 atom stereocenters. The van der Waals surface area contributed by atoms with Gasteiger partial charge in [-0.3, -0.25) is 14.7 Å². The zero-order valence-corrected chi connectivity index (χ0v) is 23.6. The van der Waals surface area contributed by atoms with Crippen LogP contribution in [-0.4, -0.2) is 42.8 Å². The van der Waals surface area contributed by atoms with Crippen molar-refractivity contribution in [2.45, 2.75) is 6.17 Å². The van der Waals surface area contributed by atoms with E-state index in [9.17, 15) is 4.79 Å². The molecular weight excluding hydrogens is 537 g/mol. The molecule has 0 aliphatic carbocycles. The maximum absolute atomic E-state index is 14.0. The van der Waals surface area contributed by atoms with Crippen molar-refractivity contribution in [3.63, 3.8) is 0 Å². The minimum Gasteiger partial charge on any atom is -0.312 e. The van der Waals surface area contributed by atoms with Crippen LogP contribution < -0.4 is 4.90 Å². The first-order chi connectivity index (χ1) is 19.5. The minimum absolute atomic E-state index is 0.0850. The van der Waals surface area contributed by atoms with Crippen LogP contribution in [0.4, 0.5) is 5.69 Å². The summed E-state index contributed by atoms with van der Waals surface area (Å²) in [6.07, 6.45) is 7.46. The molecule has 1 heterocycles. The van der Waals surface area contributed by atoms with Crippen molar-refractivity contribution in [3.05, 3.63) is 148 Å². The fourth-order valence-electron chi connectivity index (χ4n) is 4.64. The van der Waals surface area contributed by atoms with Gasteiger partial charge in [0.25, 0.3) is 5.91 Å². The van der Waals surface area contributed by atoms with Crippen molar-refractivity contribution in [1.29, 1.82) is 0 Å². The highest BCUT2D eigenvalue weighted by Crippen LogP contribution is 2.28. The van der Waals surface area contributed by atoms with Gasteiger partial charge in [-0.1, -0.05) is 120 Å². The van der Waals surface area contributed by atoms with Gasteiger partial charge in [0.1, 0.15) is 0 Å². The fourth-order valence-corrected chi connectivity index (χ4v) is 4.89. The first kappa shape index (κ1) is 27.6. The average Bonchev–Trinajstić information content (AvgIpc) is 3.09. The van der Waals surface area contributed by atoms with Gasteiger partial charge in [0.2, 0.25) is 0 Å². The molecule has 0 radical (unpaired) electrons. The third-order valence-electron chi connectivity index (χ3n) is 6.76. The van der Waals surface area contributed by atoms with E-state index < -0.39 is 6.17 Å². The van der Waals surface area contributed by atoms with E-state index in [1.54, 1.807) is 4.90 Å². The van der Waals surface area contributed by atoms with Crippen LogP contribution in [0.3, 0.4) is 0 Å². The largest absolute Gasteiger partial charge is 0.312 e. The molecule has 4 nitrogen and oxygen atoms in total. The lowest BCUT2D eigenvalue weighted by Gasteiger charge is -2.28. The Labute approximate surface area is 245 Å². The monoisotopic (exact) mass is 565 g/mol. The van der Waals surface area contributed by atoms with Gasteiger partial charge in [-0.15, -0.1) is 0 Å². The molecule has 5 rings (SSSR count). The number of fused-ring (bicyclic) bond motifs is 1. The Morgan fingerprint density at radius 3 is 1.85 bits per heavy atom. The van der Waals surface area contributed by atoms with Crippen molar-refractivity contribution in [2.75, 3.05) is 25.0 Å². The van der Waals surface area contributed by atoms with Gasteiger partial charge in [-0.05, 0) is 41.5 Å². The molecule has 0 saturated carbocycles. The van der Waals surface area contributed by atoms with E-state index in [0.717, 1.165) is 33.7 Å². The lowest BCUT2D eigenvalue weighted by Crippen LogP contribution is -2.46. The molecule has 6 heteroatoms. The second-order valence-corrected chi connectivity index (χ2v) is 10.4. The summed E-state index contributed by atoms with van der Waals surface area (Å²) in [7, 11) is 1.82. The molecule has 1 amide bonds. The van der Waals surface area contributed by atoms with E-state index in [-0.39, 0.29) is 5.91 Å². The van der Waals surface area contributed by atoms with Crippen LogP contribution in [0.1, 0.15) is 22.3 Å². The first-order valence-corrected chi connectivity index (χ1v) is 13.8. The van der Waals surface area contributed by atoms with Crippen LogP contribution in [-0.2, 0) is 4.79 Å². The molecular formula is C34H29Cl2N3O. The number of nitrogens with zero attached hydrogens (tertiary/aromatic N) is 3. The van der Waals surface area contributed by atoms with Crippen LogP contribution in [0.2, 0.25) is 10.0 Å². The van der Waals surface area contributed by atoms with Gasteiger partial charge >= 0.3 is 0 Å². The summed E-state index contributed by atoms with van der Waals surface area (Å²) in [5.41, 5.74) is 5.60. The van der Waals surface area contributed by atoms with E-state index in [1.807, 2.05) is 122 Å². The maximum Gasteiger partial charge on any atom is 0.266 e. The topological polar surface area (TPSA) is 35.9 Å². The number of hydrogen-bond acceptors (Lipinski definition) is 3. The number of carbonyl (C=O) groups is 1. The van der Waals surface area contributed by atoms with Crippen molar-refractivity contribution in [3.8, 4) is 0 Å². The highest BCUT2D eigenvalue weighted by molar-refractivity contribution is 6.30. The standard InChI is InChI=1S/C34H29Cl2N3O/c1-38-31-14-6-5-13-30(31)32(27-11-3-2-4-12-27)37-33(34(38)40)39(23-7-9-25-15-19-28(35)20-16-25)24-8-10-26-17-21-29(36)22-18-26/h2-22,33H,23-24H2,1H3/b9-7+,10-8+. The number of hydrogen-bond donors (Lipinski definition) is 0. The van der Waals surface area contributed by atoms with E-state index in [0.29, 0.717) is 23.1 Å². The number of benzodiazepines with no additional fused rings is 1. The third-order valence-corrected chi connectivity index (χ3v) is 7.26. The lowest BCUT2D eigenvalue weighted by molar-refractivity contribution is -0.122. The quantitative estimate of drug-likeness (QED) is 0.218. The Morgan fingerprint density at radius 1 is 0.750 bits per heavy atom. The maximum atomic E-state index is 14.0. The Hall–Kier alpha value is -3.96. The number of rotatable bonds is 8. The smallest absolute Gasteiger partial charge is 0.266 e. The molecule has 200 valence electrons. The summed E-state index contributed by atoms with van der Waals surface area (Å²) in [4.78, 5) is 22.9. The predicted molar refractivity (Wildman–Crippen MR) is 168 cm³/mol. The zero-order chi connectivity index (χ0) is 27.9. The summed E-state index contributed by atoms with van der Waals surface area (Å²) in [5.74, 6) is -0.0850. The van der Waals surface area contributed by atoms with E-state index in [2.05, 4.69) is 17.1 Å². The highest BCUT2D eigenvalue weighted by atomic mass is 35.5. The summed E-state index contributed by atoms with van der Waals surface area (Å²) in [5, 5.41) is 1.39. The zero-order valence-electron chi connectivity index (χ0n) is 22.1. The van der Waals surface area contributed by atoms with Crippen molar-refractivity contribution in [2.24, 2.45) is 4.99 Å². The van der Waals surface area contributed by atoms with E-state index in [1.165, 1.54) is 0 Å². The molecule has 4 aromatic carbocycles. The molecule has 1 aliphatic rings. The average molecular weight is 567 g/mol. The Kier molecular flexibility index (Phi) is 8.92. The molecule has 0 N–H and O–H groups in total. The van der Waals surface area contributed by atoms with Gasteiger partial charge in [-0.25, -0.2) is 0 Å². The molecule has 0 fully saturated rings. The van der Waals surface area contributed by atoms with Gasteiger partial charge < -0.3 is 4.90 Å². The minimum atomic E-state index is -0.725. The molecule has 1 unspecified atom stereocenters. The van der Waals surface area contributed by atoms with Crippen molar-refractivity contribution in [1.82, 2.24) is 4.90 Å². The van der Waals surface area contributed by atoms with E-state index in [4.69, 9.17) is 28.2 Å². The van der Waals surface area contributed by atoms with Gasteiger partial charge in [0.05, 0.1) is 11.4 Å². The number of carbonyl (C=O) groups excluding carboxylic acids is 1. The molecule has 0 saturated heterocycles. The molecule has 1 aliphatic heterocycles. The Bertz CT molecular complexity index is 1490. The molecule has 0 bridgehead atoms.